The molecular formula is C18H28N4O3. The zero-order valence-electron chi connectivity index (χ0n) is 14.9. The minimum absolute atomic E-state index is 0.116. The summed E-state index contributed by atoms with van der Waals surface area (Å²) < 4.78 is 5.09. The smallest absolute Gasteiger partial charge is 0.224 e. The summed E-state index contributed by atoms with van der Waals surface area (Å²) in [6, 6.07) is 8.18. The van der Waals surface area contributed by atoms with E-state index in [1.54, 1.807) is 7.11 Å². The van der Waals surface area contributed by atoms with E-state index in [9.17, 15) is 9.59 Å². The van der Waals surface area contributed by atoms with E-state index in [-0.39, 0.29) is 36.7 Å². The molecule has 2 atom stereocenters. The molecule has 1 aromatic carbocycles. The van der Waals surface area contributed by atoms with Crippen LogP contribution in [0, 0.1) is 0 Å². The SMILES string of the molecule is CCc1cccc(NC(=O)CCC(=O)NCC2CC(COC)NN2)c1. The summed E-state index contributed by atoms with van der Waals surface area (Å²) in [5.41, 5.74) is 8.20. The minimum atomic E-state index is -0.149. The third-order valence-corrected chi connectivity index (χ3v) is 4.17. The maximum Gasteiger partial charge on any atom is 0.224 e. The Morgan fingerprint density at radius 2 is 1.96 bits per heavy atom. The second-order valence-corrected chi connectivity index (χ2v) is 6.28. The largest absolute Gasteiger partial charge is 0.383 e. The van der Waals surface area contributed by atoms with Crippen molar-refractivity contribution in [3.63, 3.8) is 0 Å². The summed E-state index contributed by atoms with van der Waals surface area (Å²) in [7, 11) is 1.67. The standard InChI is InChI=1S/C18H28N4O3/c1-3-13-5-4-6-14(9-13)20-18(24)8-7-17(23)19-11-15-10-16(12-25-2)22-21-15/h4-6,9,15-16,21-22H,3,7-8,10-12H2,1-2H3,(H,19,23)(H,20,24). The monoisotopic (exact) mass is 348 g/mol. The van der Waals surface area contributed by atoms with Crippen LogP contribution in [0.2, 0.25) is 0 Å². The van der Waals surface area contributed by atoms with Crippen LogP contribution in [-0.4, -0.2) is 44.2 Å². The van der Waals surface area contributed by atoms with E-state index < -0.39 is 0 Å². The quantitative estimate of drug-likeness (QED) is 0.534. The van der Waals surface area contributed by atoms with Gasteiger partial charge in [0.1, 0.15) is 0 Å². The summed E-state index contributed by atoms with van der Waals surface area (Å²) >= 11 is 0. The van der Waals surface area contributed by atoms with Gasteiger partial charge in [-0.25, -0.2) is 0 Å². The van der Waals surface area contributed by atoms with Crippen LogP contribution < -0.4 is 21.5 Å². The lowest BCUT2D eigenvalue weighted by Crippen LogP contribution is -2.41. The molecule has 0 aliphatic carbocycles. The van der Waals surface area contributed by atoms with Gasteiger partial charge in [-0.1, -0.05) is 19.1 Å². The third-order valence-electron chi connectivity index (χ3n) is 4.17. The van der Waals surface area contributed by atoms with Crippen LogP contribution in [-0.2, 0) is 20.7 Å². The maximum atomic E-state index is 12.0. The number of nitrogens with one attached hydrogen (secondary N) is 4. The van der Waals surface area contributed by atoms with Crippen LogP contribution >= 0.6 is 0 Å². The van der Waals surface area contributed by atoms with Gasteiger partial charge in [0.05, 0.1) is 6.61 Å². The first-order chi connectivity index (χ1) is 12.1. The number of amides is 2. The molecule has 0 bridgehead atoms. The Morgan fingerprint density at radius 3 is 2.72 bits per heavy atom. The lowest BCUT2D eigenvalue weighted by atomic mass is 10.1. The van der Waals surface area contributed by atoms with Gasteiger partial charge in [0.15, 0.2) is 0 Å². The molecule has 2 unspecified atom stereocenters. The number of hydrazine groups is 1. The Labute approximate surface area is 148 Å². The molecule has 0 aromatic heterocycles. The lowest BCUT2D eigenvalue weighted by molar-refractivity contribution is -0.124. The maximum absolute atomic E-state index is 12.0. The van der Waals surface area contributed by atoms with Crippen LogP contribution in [0.25, 0.3) is 0 Å². The van der Waals surface area contributed by atoms with Gasteiger partial charge in [-0.05, 0) is 30.5 Å². The molecule has 1 aliphatic rings. The molecule has 7 nitrogen and oxygen atoms in total. The van der Waals surface area contributed by atoms with E-state index >= 15 is 0 Å². The summed E-state index contributed by atoms with van der Waals surface area (Å²) in [4.78, 5) is 23.9. The number of aryl methyl sites for hydroxylation is 1. The van der Waals surface area contributed by atoms with E-state index in [2.05, 4.69) is 28.4 Å². The number of methoxy groups -OCH3 is 1. The molecule has 138 valence electrons. The second-order valence-electron chi connectivity index (χ2n) is 6.28. The number of carbonyl (C=O) groups excluding carboxylic acids is 2. The molecule has 1 heterocycles. The van der Waals surface area contributed by atoms with E-state index in [1.807, 2.05) is 24.3 Å². The number of anilines is 1. The summed E-state index contributed by atoms with van der Waals surface area (Å²) in [5, 5.41) is 5.70. The number of rotatable bonds is 9. The van der Waals surface area contributed by atoms with Gasteiger partial charge in [0.2, 0.25) is 11.8 Å². The van der Waals surface area contributed by atoms with E-state index in [1.165, 1.54) is 5.56 Å². The van der Waals surface area contributed by atoms with Crippen molar-refractivity contribution in [3.8, 4) is 0 Å². The number of ether oxygens (including phenoxy) is 1. The van der Waals surface area contributed by atoms with Crippen LogP contribution in [0.15, 0.2) is 24.3 Å². The molecule has 25 heavy (non-hydrogen) atoms. The van der Waals surface area contributed by atoms with Crippen molar-refractivity contribution in [3.05, 3.63) is 29.8 Å². The van der Waals surface area contributed by atoms with Gasteiger partial charge >= 0.3 is 0 Å². The van der Waals surface area contributed by atoms with Crippen molar-refractivity contribution in [2.24, 2.45) is 0 Å². The Kier molecular flexibility index (Phi) is 7.84. The first-order valence-electron chi connectivity index (χ1n) is 8.76. The van der Waals surface area contributed by atoms with Crippen LogP contribution in [0.3, 0.4) is 0 Å². The van der Waals surface area contributed by atoms with E-state index in [0.717, 1.165) is 18.5 Å². The molecule has 7 heteroatoms. The predicted octanol–water partition coefficient (Wildman–Crippen LogP) is 0.965. The molecule has 1 aromatic rings. The summed E-state index contributed by atoms with van der Waals surface area (Å²) in [6.45, 7) is 3.24. The zero-order chi connectivity index (χ0) is 18.1. The van der Waals surface area contributed by atoms with Gasteiger partial charge in [0, 0.05) is 44.3 Å². The number of hydrogen-bond acceptors (Lipinski definition) is 5. The van der Waals surface area contributed by atoms with Gasteiger partial charge in [-0.3, -0.25) is 20.4 Å². The van der Waals surface area contributed by atoms with Gasteiger partial charge in [0.25, 0.3) is 0 Å². The molecule has 2 amide bonds. The van der Waals surface area contributed by atoms with Crippen molar-refractivity contribution in [2.75, 3.05) is 25.6 Å². The van der Waals surface area contributed by atoms with Crippen molar-refractivity contribution in [1.29, 1.82) is 0 Å². The minimum Gasteiger partial charge on any atom is -0.383 e. The van der Waals surface area contributed by atoms with E-state index in [0.29, 0.717) is 13.2 Å². The number of hydrogen-bond donors (Lipinski definition) is 4. The average Bonchev–Trinajstić information content (AvgIpc) is 3.06. The van der Waals surface area contributed by atoms with Gasteiger partial charge in [-0.2, -0.15) is 0 Å². The normalized spacial score (nSPS) is 19.6. The molecular weight excluding hydrogens is 320 g/mol. The van der Waals surface area contributed by atoms with Gasteiger partial charge in [-0.15, -0.1) is 0 Å². The molecule has 1 aliphatic heterocycles. The van der Waals surface area contributed by atoms with Crippen LogP contribution in [0.5, 0.6) is 0 Å². The highest BCUT2D eigenvalue weighted by atomic mass is 16.5. The number of carbonyl (C=O) groups is 2. The number of benzene rings is 1. The van der Waals surface area contributed by atoms with Crippen LogP contribution in [0.1, 0.15) is 31.7 Å². The predicted molar refractivity (Wildman–Crippen MR) is 97.0 cm³/mol. The highest BCUT2D eigenvalue weighted by Gasteiger charge is 2.23. The third kappa shape index (κ3) is 6.81. The summed E-state index contributed by atoms with van der Waals surface area (Å²) in [6.07, 6.45) is 2.16. The molecule has 2 rings (SSSR count). The van der Waals surface area contributed by atoms with E-state index in [4.69, 9.17) is 4.74 Å². The van der Waals surface area contributed by atoms with Crippen LogP contribution in [0.4, 0.5) is 5.69 Å². The first kappa shape index (κ1) is 19.4. The van der Waals surface area contributed by atoms with Gasteiger partial charge < -0.3 is 15.4 Å². The average molecular weight is 348 g/mol. The lowest BCUT2D eigenvalue weighted by Gasteiger charge is -2.11. The Hall–Kier alpha value is -1.96. The first-order valence-corrected chi connectivity index (χ1v) is 8.76. The van der Waals surface area contributed by atoms with Crippen molar-refractivity contribution in [2.45, 2.75) is 44.7 Å². The summed E-state index contributed by atoms with van der Waals surface area (Å²) in [5.74, 6) is -0.265. The fourth-order valence-corrected chi connectivity index (χ4v) is 2.79. The van der Waals surface area contributed by atoms with Crippen molar-refractivity contribution >= 4 is 17.5 Å². The van der Waals surface area contributed by atoms with Crippen molar-refractivity contribution < 1.29 is 14.3 Å². The highest BCUT2D eigenvalue weighted by Crippen LogP contribution is 2.11. The Morgan fingerprint density at radius 1 is 1.20 bits per heavy atom. The topological polar surface area (TPSA) is 91.5 Å². The molecule has 1 fully saturated rings. The highest BCUT2D eigenvalue weighted by molar-refractivity contribution is 5.93. The zero-order valence-corrected chi connectivity index (χ0v) is 14.9. The molecule has 0 radical (unpaired) electrons. The molecule has 0 saturated carbocycles. The fraction of sp³-hybridized carbons (Fsp3) is 0.556. The Bertz CT molecular complexity index is 579. The molecule has 1 saturated heterocycles. The second kappa shape index (κ2) is 10.1. The van der Waals surface area contributed by atoms with Crippen molar-refractivity contribution in [1.82, 2.24) is 16.2 Å². The fourth-order valence-electron chi connectivity index (χ4n) is 2.79. The molecule has 4 N–H and O–H groups in total. The Balaban J connectivity index is 1.63. The molecule has 0 spiro atoms.